The van der Waals surface area contributed by atoms with Gasteiger partial charge in [0, 0.05) is 25.5 Å². The third-order valence-electron chi connectivity index (χ3n) is 4.72. The van der Waals surface area contributed by atoms with Crippen LogP contribution in [0.15, 0.2) is 59.8 Å². The Morgan fingerprint density at radius 3 is 2.19 bits per heavy atom. The molecule has 5 heteroatoms. The Morgan fingerprint density at radius 2 is 1.63 bits per heavy atom. The van der Waals surface area contributed by atoms with E-state index in [2.05, 4.69) is 37.4 Å². The lowest BCUT2D eigenvalue weighted by Gasteiger charge is -2.38. The van der Waals surface area contributed by atoms with Gasteiger partial charge in [-0.2, -0.15) is 0 Å². The molecule has 2 aromatic rings. The van der Waals surface area contributed by atoms with Gasteiger partial charge in [-0.15, -0.1) is 0 Å². The molecule has 2 aromatic carbocycles. The molecule has 27 heavy (non-hydrogen) atoms. The second-order valence-corrected chi connectivity index (χ2v) is 7.56. The predicted octanol–water partition coefficient (Wildman–Crippen LogP) is 4.10. The first kappa shape index (κ1) is 19.1. The van der Waals surface area contributed by atoms with Gasteiger partial charge in [0.25, 0.3) is 5.91 Å². The van der Waals surface area contributed by atoms with Gasteiger partial charge in [-0.1, -0.05) is 36.4 Å². The van der Waals surface area contributed by atoms with E-state index < -0.39 is 0 Å². The average molecular weight is 380 g/mol. The summed E-state index contributed by atoms with van der Waals surface area (Å²) in [5, 5.41) is 3.99. The fourth-order valence-electron chi connectivity index (χ4n) is 3.55. The SMILES string of the molecule is CC1=C(C(=O)N(C)C)C(c2ccccc2)NC(=S)N1c1cc(C)cc(C)c1. The first-order chi connectivity index (χ1) is 12.8. The van der Waals surface area contributed by atoms with Crippen molar-refractivity contribution < 1.29 is 4.79 Å². The largest absolute Gasteiger partial charge is 0.351 e. The maximum Gasteiger partial charge on any atom is 0.253 e. The van der Waals surface area contributed by atoms with Crippen molar-refractivity contribution in [3.05, 3.63) is 76.5 Å². The van der Waals surface area contributed by atoms with Gasteiger partial charge in [0.05, 0.1) is 11.6 Å². The van der Waals surface area contributed by atoms with Gasteiger partial charge in [0.1, 0.15) is 0 Å². The Morgan fingerprint density at radius 1 is 1.04 bits per heavy atom. The molecule has 0 fully saturated rings. The number of carbonyl (C=O) groups is 1. The van der Waals surface area contributed by atoms with E-state index in [0.717, 1.165) is 28.1 Å². The summed E-state index contributed by atoms with van der Waals surface area (Å²) < 4.78 is 0. The number of thiocarbonyl (C=S) groups is 1. The number of rotatable bonds is 3. The van der Waals surface area contributed by atoms with Crippen LogP contribution in [0.4, 0.5) is 5.69 Å². The maximum atomic E-state index is 13.1. The molecular formula is C22H25N3OS. The first-order valence-electron chi connectivity index (χ1n) is 8.96. The van der Waals surface area contributed by atoms with Crippen molar-refractivity contribution in [1.82, 2.24) is 10.2 Å². The zero-order valence-electron chi connectivity index (χ0n) is 16.4. The van der Waals surface area contributed by atoms with Crippen molar-refractivity contribution in [1.29, 1.82) is 0 Å². The lowest BCUT2D eigenvalue weighted by atomic mass is 9.93. The standard InChI is InChI=1S/C22H25N3OS/c1-14-11-15(2)13-18(12-14)25-16(3)19(21(26)24(4)5)20(23-22(25)27)17-9-7-6-8-10-17/h6-13,20H,1-5H3,(H,23,27). The molecule has 0 aromatic heterocycles. The van der Waals surface area contributed by atoms with Crippen molar-refractivity contribution in [2.24, 2.45) is 0 Å². The number of nitrogens with zero attached hydrogens (tertiary/aromatic N) is 2. The fourth-order valence-corrected chi connectivity index (χ4v) is 3.91. The molecule has 1 aliphatic heterocycles. The summed E-state index contributed by atoms with van der Waals surface area (Å²) in [5.41, 5.74) is 5.87. The Hall–Kier alpha value is -2.66. The number of hydrogen-bond acceptors (Lipinski definition) is 2. The Bertz CT molecular complexity index is 898. The van der Waals surface area contributed by atoms with E-state index >= 15 is 0 Å². The van der Waals surface area contributed by atoms with Gasteiger partial charge in [-0.25, -0.2) is 0 Å². The normalized spacial score (nSPS) is 17.0. The third kappa shape index (κ3) is 3.74. The number of anilines is 1. The summed E-state index contributed by atoms with van der Waals surface area (Å²) in [7, 11) is 3.55. The second-order valence-electron chi connectivity index (χ2n) is 7.17. The van der Waals surface area contributed by atoms with E-state index in [0.29, 0.717) is 10.7 Å². The Kier molecular flexibility index (Phi) is 5.33. The van der Waals surface area contributed by atoms with Crippen LogP contribution in [0.5, 0.6) is 0 Å². The molecule has 3 rings (SSSR count). The Balaban J connectivity index is 2.18. The van der Waals surface area contributed by atoms with Crippen LogP contribution in [0.3, 0.4) is 0 Å². The van der Waals surface area contributed by atoms with Gasteiger partial charge in [0.2, 0.25) is 0 Å². The van der Waals surface area contributed by atoms with E-state index in [9.17, 15) is 4.79 Å². The van der Waals surface area contributed by atoms with Crippen LogP contribution in [-0.2, 0) is 4.79 Å². The van der Waals surface area contributed by atoms with E-state index in [1.807, 2.05) is 42.2 Å². The number of allylic oxidation sites excluding steroid dienone is 1. The first-order valence-corrected chi connectivity index (χ1v) is 9.36. The molecule has 1 aliphatic rings. The van der Waals surface area contributed by atoms with Crippen molar-refractivity contribution >= 4 is 28.9 Å². The highest BCUT2D eigenvalue weighted by molar-refractivity contribution is 7.80. The average Bonchev–Trinajstić information content (AvgIpc) is 2.60. The number of aryl methyl sites for hydroxylation is 2. The summed E-state index contributed by atoms with van der Waals surface area (Å²) in [6.45, 7) is 6.10. The molecule has 0 saturated heterocycles. The molecular weight excluding hydrogens is 354 g/mol. The van der Waals surface area contributed by atoms with E-state index in [1.54, 1.807) is 19.0 Å². The van der Waals surface area contributed by atoms with Crippen molar-refractivity contribution in [3.63, 3.8) is 0 Å². The van der Waals surface area contributed by atoms with Crippen LogP contribution >= 0.6 is 12.2 Å². The van der Waals surface area contributed by atoms with Crippen LogP contribution in [0.25, 0.3) is 0 Å². The number of carbonyl (C=O) groups excluding carboxylic acids is 1. The minimum absolute atomic E-state index is 0.0225. The molecule has 0 aliphatic carbocycles. The monoisotopic (exact) mass is 379 g/mol. The molecule has 1 atom stereocenters. The zero-order valence-corrected chi connectivity index (χ0v) is 17.2. The van der Waals surface area contributed by atoms with Crippen molar-refractivity contribution in [2.45, 2.75) is 26.8 Å². The lowest BCUT2D eigenvalue weighted by Crippen LogP contribution is -2.49. The molecule has 1 unspecified atom stereocenters. The minimum atomic E-state index is -0.268. The van der Waals surface area contributed by atoms with E-state index in [-0.39, 0.29) is 11.9 Å². The molecule has 140 valence electrons. The number of amides is 1. The van der Waals surface area contributed by atoms with Gasteiger partial charge in [-0.05, 0) is 61.8 Å². The van der Waals surface area contributed by atoms with Crippen LogP contribution < -0.4 is 10.2 Å². The molecule has 4 nitrogen and oxygen atoms in total. The quantitative estimate of drug-likeness (QED) is 0.815. The van der Waals surface area contributed by atoms with E-state index in [1.165, 1.54) is 0 Å². The van der Waals surface area contributed by atoms with Gasteiger partial charge < -0.3 is 10.2 Å². The van der Waals surface area contributed by atoms with Gasteiger partial charge >= 0.3 is 0 Å². The van der Waals surface area contributed by atoms with E-state index in [4.69, 9.17) is 12.2 Å². The van der Waals surface area contributed by atoms with Crippen LogP contribution in [0, 0.1) is 13.8 Å². The van der Waals surface area contributed by atoms with Crippen molar-refractivity contribution in [2.75, 3.05) is 19.0 Å². The summed E-state index contributed by atoms with van der Waals surface area (Å²) in [5.74, 6) is -0.0225. The van der Waals surface area contributed by atoms with Gasteiger partial charge in [-0.3, -0.25) is 9.69 Å². The lowest BCUT2D eigenvalue weighted by molar-refractivity contribution is -0.125. The molecule has 0 saturated carbocycles. The highest BCUT2D eigenvalue weighted by Crippen LogP contribution is 2.34. The highest BCUT2D eigenvalue weighted by atomic mass is 32.1. The summed E-state index contributed by atoms with van der Waals surface area (Å²) in [6.07, 6.45) is 0. The minimum Gasteiger partial charge on any atom is -0.351 e. The molecule has 0 spiro atoms. The number of benzene rings is 2. The second kappa shape index (κ2) is 7.53. The number of hydrogen-bond donors (Lipinski definition) is 1. The van der Waals surface area contributed by atoms with Crippen LogP contribution in [0.2, 0.25) is 0 Å². The summed E-state index contributed by atoms with van der Waals surface area (Å²) in [6, 6.07) is 16.0. The van der Waals surface area contributed by atoms with Crippen LogP contribution in [0.1, 0.15) is 29.7 Å². The molecule has 0 bridgehead atoms. The highest BCUT2D eigenvalue weighted by Gasteiger charge is 2.35. The number of likely N-dealkylation sites (N-methyl/N-ethyl adjacent to an activating group) is 1. The fraction of sp³-hybridized carbons (Fsp3) is 0.273. The molecule has 1 N–H and O–H groups in total. The van der Waals surface area contributed by atoms with Crippen molar-refractivity contribution in [3.8, 4) is 0 Å². The molecule has 0 radical (unpaired) electrons. The zero-order chi connectivity index (χ0) is 19.7. The smallest absolute Gasteiger partial charge is 0.253 e. The Labute approximate surface area is 166 Å². The van der Waals surface area contributed by atoms with Crippen LogP contribution in [-0.4, -0.2) is 30.0 Å². The molecule has 1 amide bonds. The third-order valence-corrected chi connectivity index (χ3v) is 5.02. The maximum absolute atomic E-state index is 13.1. The summed E-state index contributed by atoms with van der Waals surface area (Å²) >= 11 is 5.71. The number of nitrogens with one attached hydrogen (secondary N) is 1. The van der Waals surface area contributed by atoms with Gasteiger partial charge in [0.15, 0.2) is 5.11 Å². The predicted molar refractivity (Wildman–Crippen MR) is 115 cm³/mol. The molecule has 1 heterocycles. The summed E-state index contributed by atoms with van der Waals surface area (Å²) in [4.78, 5) is 16.6. The topological polar surface area (TPSA) is 35.6 Å².